The summed E-state index contributed by atoms with van der Waals surface area (Å²) in [5.41, 5.74) is -22.3. The predicted octanol–water partition coefficient (Wildman–Crippen LogP) is 6.57. The van der Waals surface area contributed by atoms with Gasteiger partial charge in [-0.3, -0.25) is 0 Å². The van der Waals surface area contributed by atoms with Crippen LogP contribution in [-0.4, -0.2) is 0 Å². The second kappa shape index (κ2) is 12.9. The molecule has 0 aliphatic heterocycles. The summed E-state index contributed by atoms with van der Waals surface area (Å²) < 4.78 is 166. The maximum atomic E-state index is 14.2. The number of hydrogen-bond donors (Lipinski definition) is 0. The molecule has 0 aliphatic rings. The molecule has 0 saturated heterocycles. The van der Waals surface area contributed by atoms with Gasteiger partial charge in [0.05, 0.1) is 67.3 Å². The van der Waals surface area contributed by atoms with Crippen molar-refractivity contribution in [2.45, 2.75) is 24.7 Å². The van der Waals surface area contributed by atoms with Crippen molar-refractivity contribution < 1.29 is 52.7 Å². The minimum absolute atomic E-state index is 0.00505. The lowest BCUT2D eigenvalue weighted by atomic mass is 9.86. The van der Waals surface area contributed by atoms with E-state index in [1.165, 1.54) is 30.3 Å². The van der Waals surface area contributed by atoms with Gasteiger partial charge < -0.3 is 0 Å². The second-order valence-corrected chi connectivity index (χ2v) is 9.44. The highest BCUT2D eigenvalue weighted by molar-refractivity contribution is 5.85. The molecule has 0 fully saturated rings. The number of nitriles is 7. The molecule has 0 atom stereocenters. The summed E-state index contributed by atoms with van der Waals surface area (Å²) in [5.74, 6) is 0. The quantitative estimate of drug-likeness (QED) is 0.272. The third-order valence-corrected chi connectivity index (χ3v) is 6.77. The molecule has 0 bridgehead atoms. The molecular weight excluding hydrogens is 698 g/mol. The van der Waals surface area contributed by atoms with E-state index < -0.39 is 107 Å². The molecule has 0 heterocycles. The van der Waals surface area contributed by atoms with Gasteiger partial charge >= 0.3 is 24.7 Å². The van der Waals surface area contributed by atoms with Crippen molar-refractivity contribution in [3.8, 4) is 42.5 Å². The molecular formula is C31H5F12N7. The number of benzene rings is 3. The SMILES string of the molecule is N#C/C(c1ccc(C(F)(F)F)c(C#N)c1C(F)(F)F)=c1\cc(C#N)/c(=C(\C#N)c2ccc(C(F)(F)F)c(C#N)c2C(F)(F)F)c(C#N)c1C#N. The first-order valence-corrected chi connectivity index (χ1v) is 12.5. The summed E-state index contributed by atoms with van der Waals surface area (Å²) in [5, 5.41) is 65.9. The largest absolute Gasteiger partial charge is 0.418 e. The van der Waals surface area contributed by atoms with Gasteiger partial charge in [0.1, 0.15) is 36.4 Å². The summed E-state index contributed by atoms with van der Waals surface area (Å²) in [7, 11) is 0. The van der Waals surface area contributed by atoms with Crippen LogP contribution in [0.15, 0.2) is 30.3 Å². The number of nitrogens with zero attached hydrogens (tertiary/aromatic N) is 7. The van der Waals surface area contributed by atoms with Gasteiger partial charge in [-0.05, 0) is 18.2 Å². The molecule has 0 unspecified atom stereocenters. The Labute approximate surface area is 270 Å². The minimum Gasteiger partial charge on any atom is -0.192 e. The van der Waals surface area contributed by atoms with Gasteiger partial charge in [0.15, 0.2) is 0 Å². The maximum Gasteiger partial charge on any atom is 0.418 e. The van der Waals surface area contributed by atoms with Crippen molar-refractivity contribution in [1.29, 1.82) is 36.8 Å². The Balaban J connectivity index is 2.82. The predicted molar refractivity (Wildman–Crippen MR) is 138 cm³/mol. The summed E-state index contributed by atoms with van der Waals surface area (Å²) >= 11 is 0. The van der Waals surface area contributed by atoms with Crippen LogP contribution in [-0.2, 0) is 24.7 Å². The van der Waals surface area contributed by atoms with Crippen LogP contribution < -0.4 is 10.4 Å². The van der Waals surface area contributed by atoms with Crippen LogP contribution in [0.5, 0.6) is 0 Å². The average molecular weight is 703 g/mol. The van der Waals surface area contributed by atoms with Gasteiger partial charge in [-0.1, -0.05) is 12.1 Å². The monoisotopic (exact) mass is 703 g/mol. The molecule has 3 aromatic rings. The lowest BCUT2D eigenvalue weighted by Gasteiger charge is -2.19. The number of halogens is 12. The Morgan fingerprint density at radius 1 is 0.440 bits per heavy atom. The fourth-order valence-corrected chi connectivity index (χ4v) is 4.89. The zero-order valence-electron chi connectivity index (χ0n) is 23.6. The Bertz CT molecular complexity index is 2400. The molecule has 0 aliphatic carbocycles. The van der Waals surface area contributed by atoms with E-state index in [1.807, 2.05) is 0 Å². The standard InChI is InChI=1S/C31H5F12N7/c32-28(33,34)23-3-1-14(26(21(23)11-49)30(38,39)40)17(7-45)16-5-13(6-44)25(20(10-48)18(16)8-46)19(9-47)15-2-4-24(29(35,36)37)22(12-50)27(15)31(41,42)43/h1-5H/b17-16-,25-19-. The van der Waals surface area contributed by atoms with E-state index in [2.05, 4.69) is 0 Å². The Hall–Kier alpha value is -7.01. The molecule has 0 saturated carbocycles. The second-order valence-electron chi connectivity index (χ2n) is 9.44. The fraction of sp³-hybridized carbons (Fsp3) is 0.129. The van der Waals surface area contributed by atoms with Gasteiger partial charge in [0.25, 0.3) is 0 Å². The molecule has 7 nitrogen and oxygen atoms in total. The van der Waals surface area contributed by atoms with Gasteiger partial charge in [0, 0.05) is 21.6 Å². The lowest BCUT2D eigenvalue weighted by Crippen LogP contribution is -2.28. The average Bonchev–Trinajstić information content (AvgIpc) is 3.02. The molecule has 0 aromatic heterocycles. The summed E-state index contributed by atoms with van der Waals surface area (Å²) in [6.45, 7) is 0. The van der Waals surface area contributed by atoms with Crippen LogP contribution in [0, 0.1) is 79.3 Å². The lowest BCUT2D eigenvalue weighted by molar-refractivity contribution is -0.145. The van der Waals surface area contributed by atoms with Gasteiger partial charge in [0.2, 0.25) is 0 Å². The van der Waals surface area contributed by atoms with Crippen molar-refractivity contribution in [2.24, 2.45) is 0 Å². The van der Waals surface area contributed by atoms with E-state index in [0.717, 1.165) is 12.1 Å². The molecule has 248 valence electrons. The van der Waals surface area contributed by atoms with Crippen molar-refractivity contribution >= 4 is 11.1 Å². The normalized spacial score (nSPS) is 12.9. The van der Waals surface area contributed by atoms with Crippen LogP contribution in [0.4, 0.5) is 52.7 Å². The van der Waals surface area contributed by atoms with Gasteiger partial charge in [-0.25, -0.2) is 0 Å². The van der Waals surface area contributed by atoms with Crippen molar-refractivity contribution in [3.63, 3.8) is 0 Å². The van der Waals surface area contributed by atoms with E-state index in [9.17, 15) is 89.5 Å². The minimum atomic E-state index is -5.82. The van der Waals surface area contributed by atoms with Crippen LogP contribution in [0.1, 0.15) is 61.2 Å². The molecule has 0 radical (unpaired) electrons. The fourth-order valence-electron chi connectivity index (χ4n) is 4.89. The van der Waals surface area contributed by atoms with Crippen LogP contribution in [0.25, 0.3) is 11.1 Å². The van der Waals surface area contributed by atoms with Crippen LogP contribution in [0.3, 0.4) is 0 Å². The first-order chi connectivity index (χ1) is 23.1. The van der Waals surface area contributed by atoms with Crippen LogP contribution in [0.2, 0.25) is 0 Å². The summed E-state index contributed by atoms with van der Waals surface area (Å²) in [6, 6.07) is 8.15. The van der Waals surface area contributed by atoms with Crippen LogP contribution >= 0.6 is 0 Å². The molecule has 3 aromatic carbocycles. The zero-order chi connectivity index (χ0) is 38.1. The van der Waals surface area contributed by atoms with E-state index in [4.69, 9.17) is 0 Å². The molecule has 0 amide bonds. The van der Waals surface area contributed by atoms with E-state index in [1.54, 1.807) is 0 Å². The van der Waals surface area contributed by atoms with E-state index in [-0.39, 0.29) is 24.3 Å². The smallest absolute Gasteiger partial charge is 0.192 e. The highest BCUT2D eigenvalue weighted by Crippen LogP contribution is 2.44. The third kappa shape index (κ3) is 6.43. The third-order valence-electron chi connectivity index (χ3n) is 6.77. The molecule has 0 N–H and O–H groups in total. The highest BCUT2D eigenvalue weighted by atomic mass is 19.4. The Morgan fingerprint density at radius 2 is 0.820 bits per heavy atom. The Kier molecular flexibility index (Phi) is 9.65. The summed E-state index contributed by atoms with van der Waals surface area (Å²) in [4.78, 5) is 0. The van der Waals surface area contributed by atoms with Gasteiger partial charge in [-0.2, -0.15) is 89.5 Å². The molecule has 0 spiro atoms. The Morgan fingerprint density at radius 3 is 1.12 bits per heavy atom. The number of rotatable bonds is 2. The number of alkyl halides is 12. The van der Waals surface area contributed by atoms with Gasteiger partial charge in [-0.15, -0.1) is 0 Å². The molecule has 19 heteroatoms. The zero-order valence-corrected chi connectivity index (χ0v) is 23.6. The molecule has 3 rings (SSSR count). The van der Waals surface area contributed by atoms with E-state index in [0.29, 0.717) is 6.07 Å². The first-order valence-electron chi connectivity index (χ1n) is 12.5. The van der Waals surface area contributed by atoms with Crippen molar-refractivity contribution in [3.05, 3.63) is 102 Å². The topological polar surface area (TPSA) is 167 Å². The van der Waals surface area contributed by atoms with E-state index >= 15 is 0 Å². The maximum absolute atomic E-state index is 14.2. The highest BCUT2D eigenvalue weighted by Gasteiger charge is 2.45. The molecule has 50 heavy (non-hydrogen) atoms. The first kappa shape index (κ1) is 37.4. The summed E-state index contributed by atoms with van der Waals surface area (Å²) in [6.07, 6.45) is -22.7. The number of hydrogen-bond acceptors (Lipinski definition) is 7. The van der Waals surface area contributed by atoms with Crippen molar-refractivity contribution in [2.75, 3.05) is 0 Å². The van der Waals surface area contributed by atoms with Crippen molar-refractivity contribution in [1.82, 2.24) is 0 Å².